The maximum atomic E-state index is 4.66. The second-order valence-corrected chi connectivity index (χ2v) is 6.17. The van der Waals surface area contributed by atoms with Crippen molar-refractivity contribution in [2.24, 2.45) is 4.99 Å². The number of fused-ring (bicyclic) bond motifs is 1. The van der Waals surface area contributed by atoms with Crippen LogP contribution in [0.15, 0.2) is 47.5 Å². The zero-order valence-electron chi connectivity index (χ0n) is 10.6. The number of benzene rings is 2. The zero-order chi connectivity index (χ0) is 12.6. The lowest BCUT2D eigenvalue weighted by atomic mass is 10.1. The average Bonchev–Trinajstić information content (AvgIpc) is 2.68. The second kappa shape index (κ2) is 4.32. The van der Waals surface area contributed by atoms with Crippen molar-refractivity contribution >= 4 is 33.4 Å². The fraction of sp³-hybridized carbons (Fsp3) is 0.267. The number of nitrogens with zero attached hydrogens (tertiary/aromatic N) is 1. The fourth-order valence-corrected chi connectivity index (χ4v) is 3.10. The molecule has 92 valence electrons. The molecule has 0 saturated heterocycles. The molecule has 1 aliphatic rings. The van der Waals surface area contributed by atoms with E-state index in [-0.39, 0.29) is 5.54 Å². The van der Waals surface area contributed by atoms with Gasteiger partial charge in [0.15, 0.2) is 5.17 Å². The fourth-order valence-electron chi connectivity index (χ4n) is 2.04. The molecule has 0 atom stereocenters. The molecule has 3 heteroatoms. The van der Waals surface area contributed by atoms with Gasteiger partial charge in [0, 0.05) is 11.4 Å². The summed E-state index contributed by atoms with van der Waals surface area (Å²) < 4.78 is 0. The van der Waals surface area contributed by atoms with Gasteiger partial charge in [-0.05, 0) is 36.8 Å². The normalized spacial score (nSPS) is 17.8. The lowest BCUT2D eigenvalue weighted by molar-refractivity contribution is 0.605. The first-order valence-corrected chi connectivity index (χ1v) is 7.09. The Hall–Kier alpha value is -1.48. The smallest absolute Gasteiger partial charge is 0.161 e. The third-order valence-corrected chi connectivity index (χ3v) is 4.28. The van der Waals surface area contributed by atoms with Crippen LogP contribution in [0, 0.1) is 0 Å². The van der Waals surface area contributed by atoms with Crippen molar-refractivity contribution in [3.63, 3.8) is 0 Å². The molecular weight excluding hydrogens is 240 g/mol. The van der Waals surface area contributed by atoms with E-state index in [0.29, 0.717) is 0 Å². The van der Waals surface area contributed by atoms with Crippen molar-refractivity contribution in [3.8, 4) is 0 Å². The topological polar surface area (TPSA) is 24.4 Å². The lowest BCUT2D eigenvalue weighted by Gasteiger charge is -2.09. The molecule has 0 saturated carbocycles. The Morgan fingerprint density at radius 2 is 1.89 bits per heavy atom. The highest BCUT2D eigenvalue weighted by Crippen LogP contribution is 2.28. The van der Waals surface area contributed by atoms with Gasteiger partial charge in [0.05, 0.1) is 5.54 Å². The molecule has 1 aliphatic heterocycles. The number of amidine groups is 1. The van der Waals surface area contributed by atoms with Crippen LogP contribution in [0.5, 0.6) is 0 Å². The Kier molecular flexibility index (Phi) is 2.78. The van der Waals surface area contributed by atoms with E-state index < -0.39 is 0 Å². The Balaban J connectivity index is 1.87. The van der Waals surface area contributed by atoms with Gasteiger partial charge in [-0.25, -0.2) is 0 Å². The number of rotatable bonds is 1. The number of hydrogen-bond acceptors (Lipinski definition) is 3. The molecule has 2 aromatic rings. The summed E-state index contributed by atoms with van der Waals surface area (Å²) in [5.74, 6) is 1.04. The van der Waals surface area contributed by atoms with Crippen LogP contribution < -0.4 is 5.32 Å². The van der Waals surface area contributed by atoms with Gasteiger partial charge < -0.3 is 5.32 Å². The van der Waals surface area contributed by atoms with E-state index >= 15 is 0 Å². The van der Waals surface area contributed by atoms with Crippen LogP contribution >= 0.6 is 11.8 Å². The van der Waals surface area contributed by atoms with E-state index in [1.807, 2.05) is 0 Å². The van der Waals surface area contributed by atoms with Crippen LogP contribution in [-0.2, 0) is 0 Å². The maximum absolute atomic E-state index is 4.66. The summed E-state index contributed by atoms with van der Waals surface area (Å²) in [4.78, 5) is 4.66. The van der Waals surface area contributed by atoms with Crippen LogP contribution in [-0.4, -0.2) is 16.5 Å². The largest absolute Gasteiger partial charge is 0.335 e. The molecule has 0 bridgehead atoms. The van der Waals surface area contributed by atoms with Gasteiger partial charge in [0.2, 0.25) is 0 Å². The third-order valence-electron chi connectivity index (χ3n) is 2.97. The summed E-state index contributed by atoms with van der Waals surface area (Å²) in [6.07, 6.45) is 0. The molecule has 1 N–H and O–H groups in total. The minimum atomic E-state index is 0.0594. The Bertz CT molecular complexity index is 617. The highest BCUT2D eigenvalue weighted by molar-refractivity contribution is 8.14. The highest BCUT2D eigenvalue weighted by atomic mass is 32.2. The number of nitrogens with one attached hydrogen (secondary N) is 1. The van der Waals surface area contributed by atoms with E-state index in [1.165, 1.54) is 10.8 Å². The van der Waals surface area contributed by atoms with Crippen molar-refractivity contribution in [1.29, 1.82) is 0 Å². The third kappa shape index (κ3) is 2.36. The van der Waals surface area contributed by atoms with Gasteiger partial charge in [0.1, 0.15) is 0 Å². The predicted molar refractivity (Wildman–Crippen MR) is 81.5 cm³/mol. The Morgan fingerprint density at radius 3 is 2.61 bits per heavy atom. The van der Waals surface area contributed by atoms with Crippen LogP contribution in [0.3, 0.4) is 0 Å². The van der Waals surface area contributed by atoms with Crippen molar-refractivity contribution in [2.75, 3.05) is 11.1 Å². The quantitative estimate of drug-likeness (QED) is 0.829. The summed E-state index contributed by atoms with van der Waals surface area (Å²) in [7, 11) is 0. The molecule has 0 fully saturated rings. The van der Waals surface area contributed by atoms with Crippen molar-refractivity contribution in [2.45, 2.75) is 19.4 Å². The zero-order valence-corrected chi connectivity index (χ0v) is 11.4. The number of hydrogen-bond donors (Lipinski definition) is 1. The van der Waals surface area contributed by atoms with E-state index in [9.17, 15) is 0 Å². The standard InChI is InChI=1S/C15H16N2S/c1-15(2)10-18-14(17-15)16-13-8-7-11-5-3-4-6-12(11)9-13/h3-9H,10H2,1-2H3,(H,16,17). The maximum Gasteiger partial charge on any atom is 0.161 e. The predicted octanol–water partition coefficient (Wildman–Crippen LogP) is 4.13. The Labute approximate surface area is 112 Å². The van der Waals surface area contributed by atoms with Crippen LogP contribution in [0.1, 0.15) is 13.8 Å². The number of thioether (sulfide) groups is 1. The van der Waals surface area contributed by atoms with Gasteiger partial charge in [-0.3, -0.25) is 4.99 Å². The Morgan fingerprint density at radius 1 is 1.11 bits per heavy atom. The van der Waals surface area contributed by atoms with Crippen LogP contribution in [0.4, 0.5) is 5.69 Å². The molecule has 0 radical (unpaired) electrons. The van der Waals surface area contributed by atoms with Gasteiger partial charge in [-0.1, -0.05) is 42.1 Å². The summed E-state index contributed by atoms with van der Waals surface area (Å²) >= 11 is 1.79. The first kappa shape index (κ1) is 11.6. The molecular formula is C15H16N2S. The number of anilines is 1. The van der Waals surface area contributed by atoms with Crippen LogP contribution in [0.2, 0.25) is 0 Å². The summed E-state index contributed by atoms with van der Waals surface area (Å²) in [5.41, 5.74) is 1.17. The molecule has 18 heavy (non-hydrogen) atoms. The van der Waals surface area contributed by atoms with Gasteiger partial charge in [-0.15, -0.1) is 0 Å². The van der Waals surface area contributed by atoms with Crippen LogP contribution in [0.25, 0.3) is 10.8 Å². The lowest BCUT2D eigenvalue weighted by Crippen LogP contribution is -2.15. The number of aliphatic imine (C=N–C) groups is 1. The van der Waals surface area contributed by atoms with E-state index in [0.717, 1.165) is 16.6 Å². The average molecular weight is 256 g/mol. The summed E-state index contributed by atoms with van der Waals surface area (Å²) in [6.45, 7) is 4.32. The molecule has 0 aliphatic carbocycles. The molecule has 0 unspecified atom stereocenters. The van der Waals surface area contributed by atoms with Gasteiger partial charge in [0.25, 0.3) is 0 Å². The molecule has 0 aromatic heterocycles. The van der Waals surface area contributed by atoms with Crippen molar-refractivity contribution in [3.05, 3.63) is 42.5 Å². The minimum absolute atomic E-state index is 0.0594. The first-order valence-electron chi connectivity index (χ1n) is 6.11. The van der Waals surface area contributed by atoms with Gasteiger partial charge in [-0.2, -0.15) is 0 Å². The molecule has 3 rings (SSSR count). The molecule has 0 amide bonds. The molecule has 1 heterocycles. The first-order chi connectivity index (χ1) is 8.62. The van der Waals surface area contributed by atoms with E-state index in [4.69, 9.17) is 0 Å². The molecule has 2 nitrogen and oxygen atoms in total. The second-order valence-electron chi connectivity index (χ2n) is 5.20. The summed E-state index contributed by atoms with van der Waals surface area (Å²) in [6, 6.07) is 14.8. The summed E-state index contributed by atoms with van der Waals surface area (Å²) in [5, 5.41) is 6.95. The van der Waals surface area contributed by atoms with E-state index in [1.54, 1.807) is 11.8 Å². The highest BCUT2D eigenvalue weighted by Gasteiger charge is 2.25. The molecule has 0 spiro atoms. The van der Waals surface area contributed by atoms with Crippen molar-refractivity contribution < 1.29 is 0 Å². The molecule has 2 aromatic carbocycles. The minimum Gasteiger partial charge on any atom is -0.335 e. The van der Waals surface area contributed by atoms with Gasteiger partial charge >= 0.3 is 0 Å². The SMILES string of the molecule is CC1(C)CSC(Nc2ccc3ccccc3c2)=N1. The monoisotopic (exact) mass is 256 g/mol. The van der Waals surface area contributed by atoms with Crippen molar-refractivity contribution in [1.82, 2.24) is 0 Å². The van der Waals surface area contributed by atoms with E-state index in [2.05, 4.69) is 66.6 Å².